The van der Waals surface area contributed by atoms with E-state index in [9.17, 15) is 0 Å². The number of hydrogen-bond acceptors (Lipinski definition) is 3. The van der Waals surface area contributed by atoms with E-state index in [2.05, 4.69) is 10.2 Å². The summed E-state index contributed by atoms with van der Waals surface area (Å²) in [5.41, 5.74) is 0. The molecule has 1 rings (SSSR count). The van der Waals surface area contributed by atoms with Gasteiger partial charge in [0.2, 0.25) is 0 Å². The van der Waals surface area contributed by atoms with Crippen LogP contribution in [0.3, 0.4) is 0 Å². The van der Waals surface area contributed by atoms with Gasteiger partial charge in [0.25, 0.3) is 0 Å². The molecule has 0 aliphatic carbocycles. The highest BCUT2D eigenvalue weighted by molar-refractivity contribution is 6.16. The van der Waals surface area contributed by atoms with Gasteiger partial charge < -0.3 is 9.30 Å². The van der Waals surface area contributed by atoms with Crippen LogP contribution in [0.4, 0.5) is 0 Å². The van der Waals surface area contributed by atoms with Crippen LogP contribution in [0, 0.1) is 0 Å². The first-order chi connectivity index (χ1) is 6.33. The van der Waals surface area contributed by atoms with Crippen molar-refractivity contribution in [2.75, 3.05) is 13.7 Å². The zero-order valence-corrected chi connectivity index (χ0v) is 8.71. The summed E-state index contributed by atoms with van der Waals surface area (Å²) in [6.45, 7) is 3.48. The molecular formula is C8H14ClN3O. The minimum absolute atomic E-state index is 0.400. The van der Waals surface area contributed by atoms with Crippen molar-refractivity contribution >= 4 is 11.6 Å². The van der Waals surface area contributed by atoms with E-state index in [1.807, 2.05) is 11.5 Å². The third kappa shape index (κ3) is 2.42. The molecule has 0 aliphatic heterocycles. The molecule has 13 heavy (non-hydrogen) atoms. The zero-order valence-electron chi connectivity index (χ0n) is 7.96. The lowest BCUT2D eigenvalue weighted by Gasteiger charge is -2.06. The molecule has 0 spiro atoms. The van der Waals surface area contributed by atoms with E-state index < -0.39 is 0 Å². The maximum Gasteiger partial charge on any atom is 0.148 e. The Kier molecular flexibility index (Phi) is 4.18. The average molecular weight is 204 g/mol. The van der Waals surface area contributed by atoms with Crippen LogP contribution in [0.25, 0.3) is 0 Å². The van der Waals surface area contributed by atoms with Crippen molar-refractivity contribution in [3.05, 3.63) is 11.6 Å². The van der Waals surface area contributed by atoms with Crippen LogP contribution in [-0.2, 0) is 23.6 Å². The van der Waals surface area contributed by atoms with Crippen LogP contribution in [0.15, 0.2) is 0 Å². The van der Waals surface area contributed by atoms with Crippen LogP contribution in [-0.4, -0.2) is 28.5 Å². The zero-order chi connectivity index (χ0) is 9.68. The third-order valence-corrected chi connectivity index (χ3v) is 2.10. The number of hydrogen-bond donors (Lipinski definition) is 0. The second kappa shape index (κ2) is 5.19. The fraction of sp³-hybridized carbons (Fsp3) is 0.750. The van der Waals surface area contributed by atoms with Crippen molar-refractivity contribution in [3.8, 4) is 0 Å². The predicted molar refractivity (Wildman–Crippen MR) is 50.8 cm³/mol. The standard InChI is InChI=1S/C8H14ClN3O/c1-3-7-10-11-8(6-9)12(7)4-5-13-2/h3-6H2,1-2H3. The SMILES string of the molecule is CCc1nnc(CCl)n1CCOC. The molecule has 74 valence electrons. The molecular weight excluding hydrogens is 190 g/mol. The summed E-state index contributed by atoms with van der Waals surface area (Å²) in [5, 5.41) is 8.02. The number of methoxy groups -OCH3 is 1. The summed E-state index contributed by atoms with van der Waals surface area (Å²) >= 11 is 5.72. The van der Waals surface area contributed by atoms with E-state index >= 15 is 0 Å². The van der Waals surface area contributed by atoms with Crippen LogP contribution in [0.5, 0.6) is 0 Å². The molecule has 0 amide bonds. The fourth-order valence-electron chi connectivity index (χ4n) is 1.17. The molecule has 1 aromatic heterocycles. The highest BCUT2D eigenvalue weighted by atomic mass is 35.5. The van der Waals surface area contributed by atoms with Gasteiger partial charge in [0.15, 0.2) is 0 Å². The Hall–Kier alpha value is -0.610. The van der Waals surface area contributed by atoms with Crippen LogP contribution in [0.2, 0.25) is 0 Å². The lowest BCUT2D eigenvalue weighted by molar-refractivity contribution is 0.185. The minimum Gasteiger partial charge on any atom is -0.383 e. The number of alkyl halides is 1. The van der Waals surface area contributed by atoms with E-state index in [1.165, 1.54) is 0 Å². The van der Waals surface area contributed by atoms with E-state index in [0.717, 1.165) is 24.6 Å². The Morgan fingerprint density at radius 1 is 1.38 bits per heavy atom. The molecule has 0 radical (unpaired) electrons. The van der Waals surface area contributed by atoms with E-state index in [4.69, 9.17) is 16.3 Å². The number of aryl methyl sites for hydroxylation is 1. The molecule has 0 fully saturated rings. The lowest BCUT2D eigenvalue weighted by Crippen LogP contribution is -2.10. The van der Waals surface area contributed by atoms with Gasteiger partial charge in [-0.05, 0) is 0 Å². The molecule has 4 nitrogen and oxygen atoms in total. The van der Waals surface area contributed by atoms with Crippen molar-refractivity contribution in [1.29, 1.82) is 0 Å². The molecule has 0 atom stereocenters. The Labute approximate surface area is 82.9 Å². The van der Waals surface area contributed by atoms with Crippen molar-refractivity contribution in [1.82, 2.24) is 14.8 Å². The first kappa shape index (κ1) is 10.5. The van der Waals surface area contributed by atoms with Crippen LogP contribution in [0.1, 0.15) is 18.6 Å². The van der Waals surface area contributed by atoms with Crippen molar-refractivity contribution < 1.29 is 4.74 Å². The predicted octanol–water partition coefficient (Wildman–Crippen LogP) is 1.23. The number of ether oxygens (including phenoxy) is 1. The third-order valence-electron chi connectivity index (χ3n) is 1.86. The van der Waals surface area contributed by atoms with Gasteiger partial charge in [-0.15, -0.1) is 21.8 Å². The molecule has 1 heterocycles. The van der Waals surface area contributed by atoms with Gasteiger partial charge in [0, 0.05) is 20.1 Å². The molecule has 1 aromatic rings. The van der Waals surface area contributed by atoms with E-state index in [1.54, 1.807) is 7.11 Å². The molecule has 0 saturated heterocycles. The lowest BCUT2D eigenvalue weighted by atomic mass is 10.4. The van der Waals surface area contributed by atoms with E-state index in [-0.39, 0.29) is 0 Å². The second-order valence-corrected chi connectivity index (χ2v) is 2.93. The number of rotatable bonds is 5. The summed E-state index contributed by atoms with van der Waals surface area (Å²) < 4.78 is 7.01. The fourth-order valence-corrected chi connectivity index (χ4v) is 1.37. The smallest absolute Gasteiger partial charge is 0.148 e. The summed E-state index contributed by atoms with van der Waals surface area (Å²) in [6, 6.07) is 0. The average Bonchev–Trinajstić information content (AvgIpc) is 2.56. The second-order valence-electron chi connectivity index (χ2n) is 2.66. The Morgan fingerprint density at radius 2 is 2.08 bits per heavy atom. The van der Waals surface area contributed by atoms with Crippen molar-refractivity contribution in [2.24, 2.45) is 0 Å². The maximum atomic E-state index is 5.72. The van der Waals surface area contributed by atoms with Gasteiger partial charge in [-0.2, -0.15) is 0 Å². The van der Waals surface area contributed by atoms with Gasteiger partial charge in [-0.25, -0.2) is 0 Å². The van der Waals surface area contributed by atoms with Gasteiger partial charge >= 0.3 is 0 Å². The molecule has 0 unspecified atom stereocenters. The summed E-state index contributed by atoms with van der Waals surface area (Å²) in [6.07, 6.45) is 0.869. The first-order valence-electron chi connectivity index (χ1n) is 4.29. The molecule has 0 N–H and O–H groups in total. The van der Waals surface area contributed by atoms with E-state index in [0.29, 0.717) is 12.5 Å². The Bertz CT molecular complexity index is 240. The molecule has 0 aromatic carbocycles. The van der Waals surface area contributed by atoms with Crippen molar-refractivity contribution in [3.63, 3.8) is 0 Å². The van der Waals surface area contributed by atoms with Gasteiger partial charge in [0.1, 0.15) is 11.6 Å². The largest absolute Gasteiger partial charge is 0.383 e. The topological polar surface area (TPSA) is 39.9 Å². The minimum atomic E-state index is 0.400. The van der Waals surface area contributed by atoms with Crippen LogP contribution >= 0.6 is 11.6 Å². The summed E-state index contributed by atoms with van der Waals surface area (Å²) in [7, 11) is 1.68. The first-order valence-corrected chi connectivity index (χ1v) is 4.82. The molecule has 5 heteroatoms. The maximum absolute atomic E-state index is 5.72. The highest BCUT2D eigenvalue weighted by Gasteiger charge is 2.08. The normalized spacial score (nSPS) is 10.7. The molecule has 0 saturated carbocycles. The van der Waals surface area contributed by atoms with Gasteiger partial charge in [0.05, 0.1) is 12.5 Å². The highest BCUT2D eigenvalue weighted by Crippen LogP contribution is 2.05. The summed E-state index contributed by atoms with van der Waals surface area (Å²) in [5.74, 6) is 2.18. The Morgan fingerprint density at radius 3 is 2.62 bits per heavy atom. The van der Waals surface area contributed by atoms with Crippen LogP contribution < -0.4 is 0 Å². The van der Waals surface area contributed by atoms with Gasteiger partial charge in [-0.1, -0.05) is 6.92 Å². The monoisotopic (exact) mass is 203 g/mol. The number of aromatic nitrogens is 3. The quantitative estimate of drug-likeness (QED) is 0.676. The Balaban J connectivity index is 2.78. The summed E-state index contributed by atoms with van der Waals surface area (Å²) in [4.78, 5) is 0. The van der Waals surface area contributed by atoms with Gasteiger partial charge in [-0.3, -0.25) is 0 Å². The number of nitrogens with zero attached hydrogens (tertiary/aromatic N) is 3. The molecule has 0 aliphatic rings. The van der Waals surface area contributed by atoms with Crippen molar-refractivity contribution in [2.45, 2.75) is 25.8 Å². The number of halogens is 1. The molecule has 0 bridgehead atoms.